The second kappa shape index (κ2) is 9.78. The highest BCUT2D eigenvalue weighted by Gasteiger charge is 2.30. The lowest BCUT2D eigenvalue weighted by Crippen LogP contribution is -2.48. The summed E-state index contributed by atoms with van der Waals surface area (Å²) in [7, 11) is -2.34. The number of nitrogens with zero attached hydrogens (tertiary/aromatic N) is 2. The van der Waals surface area contributed by atoms with E-state index in [0.717, 1.165) is 23.9 Å². The second-order valence-electron chi connectivity index (χ2n) is 7.67. The fourth-order valence-corrected chi connectivity index (χ4v) is 5.20. The first kappa shape index (κ1) is 23.7. The molecule has 1 heterocycles. The summed E-state index contributed by atoms with van der Waals surface area (Å²) >= 11 is 0. The van der Waals surface area contributed by atoms with E-state index >= 15 is 0 Å². The normalized spacial score (nSPS) is 14.6. The van der Waals surface area contributed by atoms with Crippen LogP contribution in [0.2, 0.25) is 0 Å². The summed E-state index contributed by atoms with van der Waals surface area (Å²) in [5, 5.41) is 2.38. The van der Waals surface area contributed by atoms with Crippen molar-refractivity contribution in [3.8, 4) is 5.75 Å². The van der Waals surface area contributed by atoms with E-state index < -0.39 is 27.6 Å². The molecule has 1 aliphatic heterocycles. The third-order valence-electron chi connectivity index (χ3n) is 5.60. The Morgan fingerprint density at radius 2 is 1.62 bits per heavy atom. The van der Waals surface area contributed by atoms with Crippen molar-refractivity contribution in [3.05, 3.63) is 83.9 Å². The highest BCUT2D eigenvalue weighted by molar-refractivity contribution is 7.89. The van der Waals surface area contributed by atoms with Crippen molar-refractivity contribution in [2.45, 2.75) is 4.90 Å². The van der Waals surface area contributed by atoms with E-state index in [-0.39, 0.29) is 29.2 Å². The van der Waals surface area contributed by atoms with Crippen LogP contribution >= 0.6 is 0 Å². The van der Waals surface area contributed by atoms with E-state index in [2.05, 4.69) is 5.32 Å². The minimum absolute atomic E-state index is 0.144. The Kier molecular flexibility index (Phi) is 6.80. The van der Waals surface area contributed by atoms with Gasteiger partial charge < -0.3 is 15.0 Å². The Labute approximate surface area is 196 Å². The fourth-order valence-electron chi connectivity index (χ4n) is 3.76. The molecule has 34 heavy (non-hydrogen) atoms. The van der Waals surface area contributed by atoms with E-state index in [1.54, 1.807) is 7.11 Å². The quantitative estimate of drug-likeness (QED) is 0.573. The number of ether oxygens (including phenoxy) is 1. The Morgan fingerprint density at radius 1 is 0.941 bits per heavy atom. The number of hydrogen-bond acceptors (Lipinski definition) is 5. The number of para-hydroxylation sites is 2. The average Bonchev–Trinajstić information content (AvgIpc) is 2.85. The molecule has 7 nitrogen and oxygen atoms in total. The van der Waals surface area contributed by atoms with Gasteiger partial charge in [0.2, 0.25) is 10.0 Å². The van der Waals surface area contributed by atoms with Crippen LogP contribution in [0.4, 0.5) is 20.2 Å². The third kappa shape index (κ3) is 4.87. The molecular formula is C24H23F2N3O4S. The smallest absolute Gasteiger partial charge is 0.255 e. The maximum atomic E-state index is 14.7. The van der Waals surface area contributed by atoms with Gasteiger partial charge in [0, 0.05) is 31.7 Å². The lowest BCUT2D eigenvalue weighted by atomic mass is 10.2. The van der Waals surface area contributed by atoms with Gasteiger partial charge in [0.15, 0.2) is 0 Å². The number of carbonyl (C=O) groups excluding carboxylic acids is 1. The molecule has 0 bridgehead atoms. The van der Waals surface area contributed by atoms with Crippen molar-refractivity contribution in [2.75, 3.05) is 43.5 Å². The Hall–Kier alpha value is -3.50. The standard InChI is InChI=1S/C24H23F2N3O4S/c1-33-23-5-3-2-4-22(23)28-12-14-29(15-13-28)34(31,32)19-10-11-21(20(26)16-19)27-24(30)17-6-8-18(25)9-7-17/h2-11,16H,12-15H2,1H3,(H,27,30). The van der Waals surface area contributed by atoms with Crippen molar-refractivity contribution in [2.24, 2.45) is 0 Å². The molecule has 0 radical (unpaired) electrons. The molecule has 0 aliphatic carbocycles. The first-order chi connectivity index (χ1) is 16.3. The van der Waals surface area contributed by atoms with Crippen molar-refractivity contribution in [1.29, 1.82) is 0 Å². The number of amides is 1. The van der Waals surface area contributed by atoms with E-state index in [0.29, 0.717) is 18.8 Å². The van der Waals surface area contributed by atoms with Crippen LogP contribution < -0.4 is 15.0 Å². The summed E-state index contributed by atoms with van der Waals surface area (Å²) in [6, 6.07) is 15.6. The van der Waals surface area contributed by atoms with Crippen LogP contribution in [0.5, 0.6) is 5.75 Å². The van der Waals surface area contributed by atoms with E-state index in [1.165, 1.54) is 28.6 Å². The molecule has 4 rings (SSSR count). The zero-order valence-electron chi connectivity index (χ0n) is 18.4. The third-order valence-corrected chi connectivity index (χ3v) is 7.49. The van der Waals surface area contributed by atoms with E-state index in [4.69, 9.17) is 4.74 Å². The van der Waals surface area contributed by atoms with Gasteiger partial charge in [-0.25, -0.2) is 17.2 Å². The van der Waals surface area contributed by atoms with Crippen LogP contribution in [0.15, 0.2) is 71.6 Å². The van der Waals surface area contributed by atoms with Gasteiger partial charge in [0.05, 0.1) is 23.4 Å². The largest absolute Gasteiger partial charge is 0.495 e. The summed E-state index contributed by atoms with van der Waals surface area (Å²) in [5.74, 6) is -1.31. The van der Waals surface area contributed by atoms with Crippen LogP contribution in [-0.4, -0.2) is 51.9 Å². The summed E-state index contributed by atoms with van der Waals surface area (Å²) in [5.41, 5.74) is 0.856. The summed E-state index contributed by atoms with van der Waals surface area (Å²) < 4.78 is 60.6. The number of nitrogens with one attached hydrogen (secondary N) is 1. The first-order valence-corrected chi connectivity index (χ1v) is 12.0. The second-order valence-corrected chi connectivity index (χ2v) is 9.60. The van der Waals surface area contributed by atoms with Gasteiger partial charge in [-0.2, -0.15) is 4.31 Å². The van der Waals surface area contributed by atoms with Crippen molar-refractivity contribution in [1.82, 2.24) is 4.31 Å². The Morgan fingerprint density at radius 3 is 2.26 bits per heavy atom. The number of benzene rings is 3. The lowest BCUT2D eigenvalue weighted by molar-refractivity contribution is 0.102. The maximum absolute atomic E-state index is 14.7. The Bertz CT molecular complexity index is 1290. The summed E-state index contributed by atoms with van der Waals surface area (Å²) in [4.78, 5) is 14.1. The van der Waals surface area contributed by atoms with Crippen LogP contribution in [0, 0.1) is 11.6 Å². The van der Waals surface area contributed by atoms with Gasteiger partial charge in [-0.1, -0.05) is 12.1 Å². The molecule has 1 fully saturated rings. The molecule has 0 spiro atoms. The van der Waals surface area contributed by atoms with Crippen LogP contribution in [0.1, 0.15) is 10.4 Å². The fraction of sp³-hybridized carbons (Fsp3) is 0.208. The molecule has 0 saturated carbocycles. The molecule has 0 atom stereocenters. The first-order valence-electron chi connectivity index (χ1n) is 10.5. The molecule has 0 unspecified atom stereocenters. The molecule has 178 valence electrons. The molecule has 3 aromatic rings. The molecular weight excluding hydrogens is 464 g/mol. The number of methoxy groups -OCH3 is 1. The van der Waals surface area contributed by atoms with Crippen molar-refractivity contribution >= 4 is 27.3 Å². The summed E-state index contributed by atoms with van der Waals surface area (Å²) in [6.45, 7) is 1.36. The number of halogens is 2. The predicted octanol–water partition coefficient (Wildman–Crippen LogP) is 3.74. The van der Waals surface area contributed by atoms with Gasteiger partial charge in [-0.05, 0) is 54.6 Å². The molecule has 1 saturated heterocycles. The number of carbonyl (C=O) groups is 1. The van der Waals surface area contributed by atoms with E-state index in [1.807, 2.05) is 29.2 Å². The van der Waals surface area contributed by atoms with Crippen LogP contribution in [-0.2, 0) is 10.0 Å². The zero-order valence-corrected chi connectivity index (χ0v) is 19.2. The van der Waals surface area contributed by atoms with Gasteiger partial charge in [0.25, 0.3) is 5.91 Å². The van der Waals surface area contributed by atoms with Crippen molar-refractivity contribution in [3.63, 3.8) is 0 Å². The number of hydrogen-bond donors (Lipinski definition) is 1. The van der Waals surface area contributed by atoms with Gasteiger partial charge >= 0.3 is 0 Å². The Balaban J connectivity index is 1.45. The molecule has 3 aromatic carbocycles. The minimum atomic E-state index is -3.93. The number of sulfonamides is 1. The zero-order chi connectivity index (χ0) is 24.3. The van der Waals surface area contributed by atoms with E-state index in [9.17, 15) is 22.0 Å². The number of rotatable bonds is 6. The highest BCUT2D eigenvalue weighted by Crippen LogP contribution is 2.30. The van der Waals surface area contributed by atoms with Crippen molar-refractivity contribution < 1.29 is 26.7 Å². The van der Waals surface area contributed by atoms with Crippen LogP contribution in [0.3, 0.4) is 0 Å². The lowest BCUT2D eigenvalue weighted by Gasteiger charge is -2.35. The average molecular weight is 488 g/mol. The SMILES string of the molecule is COc1ccccc1N1CCN(S(=O)(=O)c2ccc(NC(=O)c3ccc(F)cc3)c(F)c2)CC1. The number of anilines is 2. The highest BCUT2D eigenvalue weighted by atomic mass is 32.2. The molecule has 10 heteroatoms. The van der Waals surface area contributed by atoms with Gasteiger partial charge in [-0.3, -0.25) is 4.79 Å². The van der Waals surface area contributed by atoms with Gasteiger partial charge in [0.1, 0.15) is 17.4 Å². The summed E-state index contributed by atoms with van der Waals surface area (Å²) in [6.07, 6.45) is 0. The van der Waals surface area contributed by atoms with Gasteiger partial charge in [-0.15, -0.1) is 0 Å². The maximum Gasteiger partial charge on any atom is 0.255 e. The monoisotopic (exact) mass is 487 g/mol. The topological polar surface area (TPSA) is 79.0 Å². The molecule has 1 amide bonds. The predicted molar refractivity (Wildman–Crippen MR) is 125 cm³/mol. The molecule has 0 aromatic heterocycles. The minimum Gasteiger partial charge on any atom is -0.495 e. The van der Waals surface area contributed by atoms with Crippen LogP contribution in [0.25, 0.3) is 0 Å². The molecule has 1 aliphatic rings. The molecule has 1 N–H and O–H groups in total. The number of piperazine rings is 1.